The molecule has 0 saturated heterocycles. The zero-order valence-electron chi connectivity index (χ0n) is 39.7. The molecule has 0 aliphatic carbocycles. The Kier molecular flexibility index (Phi) is 11.6. The molecule has 0 aliphatic heterocycles. The summed E-state index contributed by atoms with van der Waals surface area (Å²) in [4.78, 5) is 15.0. The van der Waals surface area contributed by atoms with Gasteiger partial charge in [-0.05, 0) is 94.5 Å². The van der Waals surface area contributed by atoms with Gasteiger partial charge in [0, 0.05) is 43.8 Å². The average molecular weight is 1060 g/mol. The first-order valence-corrected chi connectivity index (χ1v) is 23.8. The first-order chi connectivity index (χ1) is 37.2. The van der Waals surface area contributed by atoms with Gasteiger partial charge in [-0.25, -0.2) is 15.0 Å². The first kappa shape index (κ1) is 49.6. The Labute approximate surface area is 433 Å². The number of hydrogen-bond acceptors (Lipinski definition) is 4. The highest BCUT2D eigenvalue weighted by molar-refractivity contribution is 6.13. The molecule has 0 bridgehead atoms. The third kappa shape index (κ3) is 8.83. The van der Waals surface area contributed by atoms with Crippen molar-refractivity contribution in [2.45, 2.75) is 24.7 Å². The zero-order chi connectivity index (χ0) is 54.5. The van der Waals surface area contributed by atoms with Crippen molar-refractivity contribution in [2.75, 3.05) is 0 Å². The number of halogens is 12. The molecule has 0 fully saturated rings. The van der Waals surface area contributed by atoms with Gasteiger partial charge in [0.1, 0.15) is 11.2 Å². The van der Waals surface area contributed by atoms with E-state index in [-0.39, 0.29) is 62.5 Å². The van der Waals surface area contributed by atoms with Crippen LogP contribution in [-0.4, -0.2) is 19.5 Å². The minimum Gasteiger partial charge on any atom is -0.455 e. The summed E-state index contributed by atoms with van der Waals surface area (Å²) < 4.78 is 180. The van der Waals surface area contributed by atoms with Crippen molar-refractivity contribution in [3.63, 3.8) is 0 Å². The van der Waals surface area contributed by atoms with E-state index in [2.05, 4.69) is 0 Å². The quantitative estimate of drug-likeness (QED) is 0.149. The van der Waals surface area contributed by atoms with E-state index >= 15 is 0 Å². The molecule has 17 heteroatoms. The Morgan fingerprint density at radius 1 is 0.321 bits per heavy atom. The standard InChI is InChI=1S/C61H32F12N4O/c62-58(63,64)38-21-23-40(48(31-38)60(68,69)70)35-18-25-50-45(28-35)46-29-36(41-24-22-39(59(65,66)67)32-49(41)61(71,72)73)19-26-51(46)77(50)52-27-20-37(42-15-9-16-44-43-14-7-8-17-53(43)78-54(42)44)30-47(52)57-75-55(33-10-3-1-4-11-33)74-56(76-57)34-12-5-2-6-13-34/h1-32H. The number of para-hydroxylation sites is 2. The van der Waals surface area contributed by atoms with Crippen molar-refractivity contribution in [1.29, 1.82) is 0 Å². The highest BCUT2D eigenvalue weighted by Crippen LogP contribution is 2.47. The number of nitrogens with zero attached hydrogens (tertiary/aromatic N) is 4. The van der Waals surface area contributed by atoms with Crippen molar-refractivity contribution in [2.24, 2.45) is 0 Å². The summed E-state index contributed by atoms with van der Waals surface area (Å²) in [5, 5.41) is 1.92. The maximum atomic E-state index is 14.8. The van der Waals surface area contributed by atoms with Crippen LogP contribution in [-0.2, 0) is 24.7 Å². The first-order valence-electron chi connectivity index (χ1n) is 23.8. The number of aromatic nitrogens is 4. The van der Waals surface area contributed by atoms with E-state index in [0.29, 0.717) is 68.9 Å². The smallest absolute Gasteiger partial charge is 0.417 e. The Balaban J connectivity index is 1.17. The van der Waals surface area contributed by atoms with Crippen LogP contribution >= 0.6 is 0 Å². The minimum atomic E-state index is -5.28. The number of benzene rings is 9. The monoisotopic (exact) mass is 1060 g/mol. The molecule has 78 heavy (non-hydrogen) atoms. The number of fused-ring (bicyclic) bond motifs is 6. The second-order valence-corrected chi connectivity index (χ2v) is 18.4. The fourth-order valence-electron chi connectivity index (χ4n) is 10.0. The highest BCUT2D eigenvalue weighted by atomic mass is 19.4. The van der Waals surface area contributed by atoms with E-state index in [4.69, 9.17) is 19.4 Å². The molecule has 0 saturated carbocycles. The van der Waals surface area contributed by atoms with Crippen LogP contribution in [0.2, 0.25) is 0 Å². The van der Waals surface area contributed by atoms with Crippen LogP contribution in [0.5, 0.6) is 0 Å². The van der Waals surface area contributed by atoms with Gasteiger partial charge in [0.05, 0.1) is 39.0 Å². The van der Waals surface area contributed by atoms with Crippen LogP contribution < -0.4 is 0 Å². The lowest BCUT2D eigenvalue weighted by Crippen LogP contribution is -2.12. The lowest BCUT2D eigenvalue weighted by Gasteiger charge is -2.17. The van der Waals surface area contributed by atoms with Gasteiger partial charge in [0.15, 0.2) is 17.5 Å². The van der Waals surface area contributed by atoms with E-state index in [0.717, 1.165) is 10.8 Å². The second-order valence-electron chi connectivity index (χ2n) is 18.4. The largest absolute Gasteiger partial charge is 0.455 e. The third-order valence-electron chi connectivity index (χ3n) is 13.6. The van der Waals surface area contributed by atoms with E-state index < -0.39 is 58.1 Å². The molecule has 0 radical (unpaired) electrons. The van der Waals surface area contributed by atoms with E-state index in [9.17, 15) is 52.7 Å². The van der Waals surface area contributed by atoms with E-state index in [1.54, 1.807) is 16.7 Å². The van der Waals surface area contributed by atoms with E-state index in [1.807, 2.05) is 109 Å². The van der Waals surface area contributed by atoms with Crippen LogP contribution in [0.4, 0.5) is 52.7 Å². The Hall–Kier alpha value is -9.25. The van der Waals surface area contributed by atoms with Crippen LogP contribution in [0.1, 0.15) is 22.3 Å². The highest BCUT2D eigenvalue weighted by Gasteiger charge is 2.40. The summed E-state index contributed by atoms with van der Waals surface area (Å²) in [6.07, 6.45) is -20.8. The number of furan rings is 1. The number of rotatable bonds is 7. The maximum Gasteiger partial charge on any atom is 0.417 e. The lowest BCUT2D eigenvalue weighted by molar-refractivity contribution is -0.144. The van der Waals surface area contributed by atoms with Gasteiger partial charge in [0.2, 0.25) is 0 Å². The van der Waals surface area contributed by atoms with Gasteiger partial charge in [-0.1, -0.05) is 127 Å². The normalized spacial score (nSPS) is 12.6. The number of alkyl halides is 12. The number of hydrogen-bond donors (Lipinski definition) is 0. The molecule has 5 nitrogen and oxygen atoms in total. The lowest BCUT2D eigenvalue weighted by atomic mass is 9.94. The van der Waals surface area contributed by atoms with Crippen molar-refractivity contribution in [3.05, 3.63) is 216 Å². The molecule has 0 aliphatic rings. The minimum absolute atomic E-state index is 0.00594. The molecule has 0 N–H and O–H groups in total. The molecule has 12 rings (SSSR count). The molecular weight excluding hydrogens is 1030 g/mol. The average Bonchev–Trinajstić information content (AvgIpc) is 4.20. The fraction of sp³-hybridized carbons (Fsp3) is 0.0656. The Morgan fingerprint density at radius 3 is 1.29 bits per heavy atom. The van der Waals surface area contributed by atoms with Gasteiger partial charge in [0.25, 0.3) is 0 Å². The molecule has 386 valence electrons. The summed E-state index contributed by atoms with van der Waals surface area (Å²) in [7, 11) is 0. The maximum absolute atomic E-state index is 14.8. The predicted molar refractivity (Wildman–Crippen MR) is 274 cm³/mol. The van der Waals surface area contributed by atoms with Gasteiger partial charge < -0.3 is 8.98 Å². The van der Waals surface area contributed by atoms with Crippen LogP contribution in [0.3, 0.4) is 0 Å². The van der Waals surface area contributed by atoms with Gasteiger partial charge in [-0.2, -0.15) is 52.7 Å². The molecule has 9 aromatic carbocycles. The molecule has 0 amide bonds. The third-order valence-corrected chi connectivity index (χ3v) is 13.6. The molecule has 0 spiro atoms. The van der Waals surface area contributed by atoms with Crippen molar-refractivity contribution in [1.82, 2.24) is 19.5 Å². The van der Waals surface area contributed by atoms with Crippen LogP contribution in [0.15, 0.2) is 199 Å². The van der Waals surface area contributed by atoms with Crippen molar-refractivity contribution >= 4 is 43.7 Å². The van der Waals surface area contributed by atoms with Gasteiger partial charge >= 0.3 is 24.7 Å². The molecular formula is C61H32F12N4O. The summed E-state index contributed by atoms with van der Waals surface area (Å²) >= 11 is 0. The summed E-state index contributed by atoms with van der Waals surface area (Å²) in [5.74, 6) is 0.695. The second kappa shape index (κ2) is 18.2. The molecule has 3 aromatic heterocycles. The van der Waals surface area contributed by atoms with Crippen LogP contribution in [0.25, 0.3) is 117 Å². The zero-order valence-corrected chi connectivity index (χ0v) is 39.7. The van der Waals surface area contributed by atoms with Gasteiger partial charge in [-0.15, -0.1) is 0 Å². The summed E-state index contributed by atoms with van der Waals surface area (Å²) in [5.41, 5.74) is -3.02. The van der Waals surface area contributed by atoms with Crippen molar-refractivity contribution < 1.29 is 57.1 Å². The summed E-state index contributed by atoms with van der Waals surface area (Å²) in [6.45, 7) is 0. The van der Waals surface area contributed by atoms with Crippen molar-refractivity contribution in [3.8, 4) is 73.2 Å². The molecule has 0 atom stereocenters. The van der Waals surface area contributed by atoms with Crippen LogP contribution in [0, 0.1) is 0 Å². The fourth-order valence-corrected chi connectivity index (χ4v) is 10.0. The van der Waals surface area contributed by atoms with Gasteiger partial charge in [-0.3, -0.25) is 0 Å². The predicted octanol–water partition coefficient (Wildman–Crippen LogP) is 18.9. The van der Waals surface area contributed by atoms with E-state index in [1.165, 1.54) is 36.4 Å². The Morgan fingerprint density at radius 2 is 0.782 bits per heavy atom. The summed E-state index contributed by atoms with van der Waals surface area (Å²) in [6, 6.07) is 47.2. The SMILES string of the molecule is FC(F)(F)c1ccc(-c2ccc3c(c2)c2cc(-c4ccc(C(F)(F)F)cc4C(F)(F)F)ccc2n3-c2ccc(-c3cccc4c3oc3ccccc34)cc2-c2nc(-c3ccccc3)nc(-c3ccccc3)n2)c(C(F)(F)F)c1. The molecule has 0 unspecified atom stereocenters. The molecule has 3 heterocycles. The molecule has 12 aromatic rings. The Bertz CT molecular complexity index is 4140. The topological polar surface area (TPSA) is 56.7 Å².